The molecule has 2 nitrogen and oxygen atoms in total. The average Bonchev–Trinajstić information content (AvgIpc) is 2.70. The summed E-state index contributed by atoms with van der Waals surface area (Å²) in [6.45, 7) is 7.43. The van der Waals surface area contributed by atoms with Gasteiger partial charge in [0.1, 0.15) is 0 Å². The predicted octanol–water partition coefficient (Wildman–Crippen LogP) is 9.01. The van der Waals surface area contributed by atoms with Crippen molar-refractivity contribution in [3.05, 3.63) is 0 Å². The van der Waals surface area contributed by atoms with Crippen LogP contribution in [0.4, 0.5) is 0 Å². The first-order valence-corrected chi connectivity index (χ1v) is 12.9. The van der Waals surface area contributed by atoms with Crippen molar-refractivity contribution in [2.24, 2.45) is 5.92 Å². The Morgan fingerprint density at radius 3 is 1.43 bits per heavy atom. The second-order valence-electron chi connectivity index (χ2n) is 8.83. The van der Waals surface area contributed by atoms with Gasteiger partial charge >= 0.3 is 5.97 Å². The van der Waals surface area contributed by atoms with Crippen LogP contribution in [0.1, 0.15) is 149 Å². The van der Waals surface area contributed by atoms with E-state index in [1.807, 2.05) is 0 Å². The second kappa shape index (κ2) is 22.8. The summed E-state index contributed by atoms with van der Waals surface area (Å²) in [5.74, 6) is 0.619. The van der Waals surface area contributed by atoms with Gasteiger partial charge in [-0.3, -0.25) is 4.79 Å². The lowest BCUT2D eigenvalue weighted by Gasteiger charge is -2.17. The molecule has 0 saturated heterocycles. The molecule has 2 heteroatoms. The highest BCUT2D eigenvalue weighted by atomic mass is 16.5. The summed E-state index contributed by atoms with van der Waals surface area (Å²) in [5.41, 5.74) is 0. The first kappa shape index (κ1) is 27.5. The summed E-state index contributed by atoms with van der Waals surface area (Å²) in [4.78, 5) is 12.1. The fourth-order valence-corrected chi connectivity index (χ4v) is 3.89. The zero-order valence-electron chi connectivity index (χ0n) is 19.7. The number of carbonyl (C=O) groups excluding carboxylic acids is 1. The van der Waals surface area contributed by atoms with Gasteiger partial charge < -0.3 is 4.74 Å². The fourth-order valence-electron chi connectivity index (χ4n) is 3.89. The Bertz CT molecular complexity index is 298. The van der Waals surface area contributed by atoms with Crippen molar-refractivity contribution in [1.29, 1.82) is 0 Å². The average molecular weight is 397 g/mol. The van der Waals surface area contributed by atoms with Crippen LogP contribution in [0.15, 0.2) is 0 Å². The Morgan fingerprint density at radius 2 is 0.964 bits per heavy atom. The van der Waals surface area contributed by atoms with Crippen molar-refractivity contribution in [2.75, 3.05) is 6.61 Å². The molecule has 0 fully saturated rings. The highest BCUT2D eigenvalue weighted by molar-refractivity contribution is 5.69. The smallest absolute Gasteiger partial charge is 0.305 e. The Labute approximate surface area is 177 Å². The quantitative estimate of drug-likeness (QED) is 0.135. The summed E-state index contributed by atoms with van der Waals surface area (Å²) < 4.78 is 5.66. The number of unbranched alkanes of at least 4 members (excludes halogenated alkanes) is 14. The number of rotatable bonds is 22. The minimum atomic E-state index is 0.0346. The molecule has 0 spiro atoms. The van der Waals surface area contributed by atoms with Gasteiger partial charge in [0.05, 0.1) is 6.61 Å². The molecule has 0 rings (SSSR count). The molecule has 0 aliphatic carbocycles. The van der Waals surface area contributed by atoms with Gasteiger partial charge in [-0.15, -0.1) is 0 Å². The summed E-state index contributed by atoms with van der Waals surface area (Å²) in [6, 6.07) is 0. The first-order chi connectivity index (χ1) is 13.7. The van der Waals surface area contributed by atoms with Crippen molar-refractivity contribution < 1.29 is 9.53 Å². The Balaban J connectivity index is 3.97. The molecule has 0 atom stereocenters. The zero-order valence-corrected chi connectivity index (χ0v) is 19.7. The lowest BCUT2D eigenvalue weighted by atomic mass is 9.94. The monoisotopic (exact) mass is 396 g/mol. The minimum Gasteiger partial charge on any atom is -0.465 e. The van der Waals surface area contributed by atoms with Crippen molar-refractivity contribution >= 4 is 5.97 Å². The highest BCUT2D eigenvalue weighted by Gasteiger charge is 2.12. The maximum atomic E-state index is 12.1. The largest absolute Gasteiger partial charge is 0.465 e. The molecule has 0 saturated carbocycles. The van der Waals surface area contributed by atoms with E-state index in [4.69, 9.17) is 4.74 Å². The lowest BCUT2D eigenvalue weighted by molar-refractivity contribution is -0.145. The second-order valence-corrected chi connectivity index (χ2v) is 8.83. The number of hydrogen-bond acceptors (Lipinski definition) is 2. The van der Waals surface area contributed by atoms with Crippen LogP contribution < -0.4 is 0 Å². The Morgan fingerprint density at radius 1 is 0.571 bits per heavy atom. The fraction of sp³-hybridized carbons (Fsp3) is 0.962. The van der Waals surface area contributed by atoms with Gasteiger partial charge in [-0.1, -0.05) is 124 Å². The third-order valence-corrected chi connectivity index (χ3v) is 5.90. The van der Waals surface area contributed by atoms with Crippen LogP contribution in [0.5, 0.6) is 0 Å². The molecule has 0 heterocycles. The lowest BCUT2D eigenvalue weighted by Crippen LogP contribution is -2.14. The molecule has 0 aliphatic heterocycles. The SMILES string of the molecule is CCCCCCCCC(CCCCCCCC)COC(=O)CCCCCCC. The van der Waals surface area contributed by atoms with Gasteiger partial charge in [-0.05, 0) is 25.2 Å². The van der Waals surface area contributed by atoms with E-state index in [9.17, 15) is 4.79 Å². The van der Waals surface area contributed by atoms with Gasteiger partial charge in [0, 0.05) is 6.42 Å². The van der Waals surface area contributed by atoms with Crippen LogP contribution in [0.2, 0.25) is 0 Å². The number of ether oxygens (including phenoxy) is 1. The standard InChI is InChI=1S/C26H52O2/c1-4-7-10-13-16-18-21-25(22-19-17-14-11-8-5-2)24-28-26(27)23-20-15-12-9-6-3/h25H,4-24H2,1-3H3. The van der Waals surface area contributed by atoms with Gasteiger partial charge in [0.15, 0.2) is 0 Å². The van der Waals surface area contributed by atoms with E-state index in [0.717, 1.165) is 6.42 Å². The molecule has 0 radical (unpaired) electrons. The summed E-state index contributed by atoms with van der Waals surface area (Å²) in [5, 5.41) is 0. The zero-order chi connectivity index (χ0) is 20.7. The van der Waals surface area contributed by atoms with Crippen molar-refractivity contribution in [3.8, 4) is 0 Å². The molecular weight excluding hydrogens is 344 g/mol. The number of carbonyl (C=O) groups is 1. The van der Waals surface area contributed by atoms with E-state index in [-0.39, 0.29) is 5.97 Å². The minimum absolute atomic E-state index is 0.0346. The van der Waals surface area contributed by atoms with Crippen LogP contribution in [-0.4, -0.2) is 12.6 Å². The van der Waals surface area contributed by atoms with Crippen LogP contribution in [0.25, 0.3) is 0 Å². The van der Waals surface area contributed by atoms with Crippen molar-refractivity contribution in [1.82, 2.24) is 0 Å². The molecule has 0 aromatic heterocycles. The van der Waals surface area contributed by atoms with Gasteiger partial charge in [-0.2, -0.15) is 0 Å². The van der Waals surface area contributed by atoms with Crippen LogP contribution in [-0.2, 0) is 9.53 Å². The topological polar surface area (TPSA) is 26.3 Å². The third-order valence-electron chi connectivity index (χ3n) is 5.90. The summed E-state index contributed by atoms with van der Waals surface area (Å²) in [7, 11) is 0. The van der Waals surface area contributed by atoms with Crippen LogP contribution in [0, 0.1) is 5.92 Å². The molecule has 0 unspecified atom stereocenters. The molecule has 0 amide bonds. The van der Waals surface area contributed by atoms with Gasteiger partial charge in [0.2, 0.25) is 0 Å². The maximum Gasteiger partial charge on any atom is 0.305 e. The van der Waals surface area contributed by atoms with E-state index in [1.165, 1.54) is 116 Å². The van der Waals surface area contributed by atoms with E-state index in [2.05, 4.69) is 20.8 Å². The van der Waals surface area contributed by atoms with Gasteiger partial charge in [0.25, 0.3) is 0 Å². The van der Waals surface area contributed by atoms with E-state index < -0.39 is 0 Å². The molecule has 0 bridgehead atoms. The Kier molecular flexibility index (Phi) is 22.3. The number of esters is 1. The van der Waals surface area contributed by atoms with E-state index in [1.54, 1.807) is 0 Å². The first-order valence-electron chi connectivity index (χ1n) is 12.9. The van der Waals surface area contributed by atoms with Crippen molar-refractivity contribution in [3.63, 3.8) is 0 Å². The molecule has 0 aliphatic rings. The molecule has 0 N–H and O–H groups in total. The van der Waals surface area contributed by atoms with Crippen LogP contribution in [0.3, 0.4) is 0 Å². The molecular formula is C26H52O2. The molecule has 168 valence electrons. The summed E-state index contributed by atoms with van der Waals surface area (Å²) >= 11 is 0. The normalized spacial score (nSPS) is 11.3. The van der Waals surface area contributed by atoms with E-state index >= 15 is 0 Å². The maximum absolute atomic E-state index is 12.1. The highest BCUT2D eigenvalue weighted by Crippen LogP contribution is 2.20. The molecule has 0 aromatic rings. The molecule has 0 aromatic carbocycles. The van der Waals surface area contributed by atoms with Gasteiger partial charge in [-0.25, -0.2) is 0 Å². The van der Waals surface area contributed by atoms with Crippen LogP contribution >= 0.6 is 0 Å². The molecule has 28 heavy (non-hydrogen) atoms. The van der Waals surface area contributed by atoms with Crippen molar-refractivity contribution in [2.45, 2.75) is 149 Å². The third kappa shape index (κ3) is 20.2. The predicted molar refractivity (Wildman–Crippen MR) is 124 cm³/mol. The number of hydrogen-bond donors (Lipinski definition) is 0. The summed E-state index contributed by atoms with van der Waals surface area (Å²) in [6.07, 6.45) is 25.2. The van der Waals surface area contributed by atoms with E-state index in [0.29, 0.717) is 18.9 Å². The Hall–Kier alpha value is -0.530.